The predicted molar refractivity (Wildman–Crippen MR) is 105 cm³/mol. The monoisotopic (exact) mass is 357 g/mol. The van der Waals surface area contributed by atoms with Gasteiger partial charge in [0.25, 0.3) is 0 Å². The topological polar surface area (TPSA) is 50.3 Å². The van der Waals surface area contributed by atoms with Gasteiger partial charge < -0.3 is 9.72 Å². The molecule has 3 heterocycles. The molecule has 1 N–H and O–H groups in total. The van der Waals surface area contributed by atoms with Gasteiger partial charge in [-0.1, -0.05) is 19.4 Å². The Morgan fingerprint density at radius 2 is 1.96 bits per heavy atom. The van der Waals surface area contributed by atoms with E-state index in [9.17, 15) is 4.79 Å². The molecule has 26 heavy (non-hydrogen) atoms. The van der Waals surface area contributed by atoms with Crippen molar-refractivity contribution in [2.75, 3.05) is 26.3 Å². The Morgan fingerprint density at radius 1 is 1.23 bits per heavy atom. The molecule has 0 saturated carbocycles. The van der Waals surface area contributed by atoms with E-state index < -0.39 is 0 Å². The third-order valence-electron chi connectivity index (χ3n) is 6.51. The number of rotatable bonds is 4. The van der Waals surface area contributed by atoms with Crippen molar-refractivity contribution in [3.8, 4) is 0 Å². The number of nitrogens with one attached hydrogen (secondary N) is 1. The zero-order valence-electron chi connectivity index (χ0n) is 16.1. The molecule has 0 aliphatic carbocycles. The normalized spacial score (nSPS) is 22.1. The minimum absolute atomic E-state index is 0.0402. The highest BCUT2D eigenvalue weighted by atomic mass is 16.5. The highest BCUT2D eigenvalue weighted by molar-refractivity contribution is 5.76. The molecular weight excluding hydrogens is 326 g/mol. The first-order valence-corrected chi connectivity index (χ1v) is 10.2. The number of fused-ring (bicyclic) bond motifs is 1. The molecule has 2 fully saturated rings. The van der Waals surface area contributed by atoms with Crippen LogP contribution >= 0.6 is 0 Å². The van der Waals surface area contributed by atoms with Gasteiger partial charge in [-0.05, 0) is 56.7 Å². The van der Waals surface area contributed by atoms with Crippen molar-refractivity contribution in [3.05, 3.63) is 34.2 Å². The molecule has 0 bridgehead atoms. The number of hydrogen-bond acceptors (Lipinski definition) is 3. The second-order valence-electron chi connectivity index (χ2n) is 8.13. The van der Waals surface area contributed by atoms with Crippen LogP contribution in [0.2, 0.25) is 0 Å². The van der Waals surface area contributed by atoms with Gasteiger partial charge in [0, 0.05) is 37.9 Å². The van der Waals surface area contributed by atoms with Crippen LogP contribution in [0.15, 0.2) is 23.0 Å². The Morgan fingerprint density at radius 3 is 2.65 bits per heavy atom. The highest BCUT2D eigenvalue weighted by Gasteiger charge is 2.39. The standard InChI is InChI=1S/C21H31N3O2/c1-3-8-21(9-13-26-14-10-21)23-11-6-17(7-12-23)24-19-15-16(2)4-5-18(19)22-20(24)25/h4-5,15,17H,3,6-14H2,1-2H3,(H,22,25). The van der Waals surface area contributed by atoms with Crippen molar-refractivity contribution < 1.29 is 4.74 Å². The van der Waals surface area contributed by atoms with E-state index in [1.165, 1.54) is 18.4 Å². The lowest BCUT2D eigenvalue weighted by atomic mass is 9.82. The number of imidazole rings is 1. The van der Waals surface area contributed by atoms with Crippen LogP contribution in [0.25, 0.3) is 11.0 Å². The van der Waals surface area contributed by atoms with Gasteiger partial charge in [0.15, 0.2) is 0 Å². The van der Waals surface area contributed by atoms with Crippen molar-refractivity contribution in [3.63, 3.8) is 0 Å². The van der Waals surface area contributed by atoms with E-state index in [1.54, 1.807) is 0 Å². The number of H-pyrrole nitrogens is 1. The van der Waals surface area contributed by atoms with Crippen molar-refractivity contribution >= 4 is 11.0 Å². The van der Waals surface area contributed by atoms with Gasteiger partial charge in [-0.15, -0.1) is 0 Å². The minimum Gasteiger partial charge on any atom is -0.381 e. The fourth-order valence-electron chi connectivity index (χ4n) is 5.13. The molecule has 2 aromatic rings. The molecule has 0 atom stereocenters. The number of aromatic nitrogens is 2. The average molecular weight is 357 g/mol. The summed E-state index contributed by atoms with van der Waals surface area (Å²) in [4.78, 5) is 18.3. The van der Waals surface area contributed by atoms with Crippen molar-refractivity contribution in [1.82, 2.24) is 14.5 Å². The second kappa shape index (κ2) is 7.20. The van der Waals surface area contributed by atoms with Gasteiger partial charge >= 0.3 is 5.69 Å². The fraction of sp³-hybridized carbons (Fsp3) is 0.667. The first-order chi connectivity index (χ1) is 12.6. The van der Waals surface area contributed by atoms with Crippen LogP contribution in [0, 0.1) is 6.92 Å². The third-order valence-corrected chi connectivity index (χ3v) is 6.51. The maximum absolute atomic E-state index is 12.6. The minimum atomic E-state index is 0.0402. The zero-order chi connectivity index (χ0) is 18.1. The Balaban J connectivity index is 1.54. The molecule has 5 heteroatoms. The Hall–Kier alpha value is -1.59. The van der Waals surface area contributed by atoms with Gasteiger partial charge in [0.1, 0.15) is 0 Å². The van der Waals surface area contributed by atoms with Crippen molar-refractivity contribution in [2.24, 2.45) is 0 Å². The van der Waals surface area contributed by atoms with E-state index in [0.29, 0.717) is 11.6 Å². The quantitative estimate of drug-likeness (QED) is 0.909. The van der Waals surface area contributed by atoms with Crippen LogP contribution < -0.4 is 5.69 Å². The highest BCUT2D eigenvalue weighted by Crippen LogP contribution is 2.37. The summed E-state index contributed by atoms with van der Waals surface area (Å²) in [6.07, 6.45) is 6.88. The summed E-state index contributed by atoms with van der Waals surface area (Å²) in [5.74, 6) is 0. The summed E-state index contributed by atoms with van der Waals surface area (Å²) in [5, 5.41) is 0. The van der Waals surface area contributed by atoms with Gasteiger partial charge in [-0.25, -0.2) is 4.79 Å². The zero-order valence-corrected chi connectivity index (χ0v) is 16.1. The Labute approximate surface area is 155 Å². The van der Waals surface area contributed by atoms with Crippen LogP contribution in [0.4, 0.5) is 0 Å². The number of ether oxygens (including phenoxy) is 1. The summed E-state index contributed by atoms with van der Waals surface area (Å²) in [7, 11) is 0. The molecule has 0 amide bonds. The molecule has 0 radical (unpaired) electrons. The van der Waals surface area contributed by atoms with Crippen molar-refractivity contribution in [1.29, 1.82) is 0 Å². The lowest BCUT2D eigenvalue weighted by molar-refractivity contribution is -0.0459. The van der Waals surface area contributed by atoms with Crippen LogP contribution in [-0.2, 0) is 4.74 Å². The lowest BCUT2D eigenvalue weighted by Gasteiger charge is -2.49. The van der Waals surface area contributed by atoms with E-state index in [2.05, 4.69) is 35.9 Å². The molecule has 2 saturated heterocycles. The maximum atomic E-state index is 12.6. The fourth-order valence-corrected chi connectivity index (χ4v) is 5.13. The van der Waals surface area contributed by atoms with Gasteiger partial charge in [-0.3, -0.25) is 9.47 Å². The van der Waals surface area contributed by atoms with E-state index in [4.69, 9.17) is 4.74 Å². The SMILES string of the molecule is CCCC1(N2CCC(n3c(=O)[nH]c4ccc(C)cc43)CC2)CCOCC1. The number of aryl methyl sites for hydroxylation is 1. The van der Waals surface area contributed by atoms with E-state index in [0.717, 1.165) is 63.0 Å². The number of likely N-dealkylation sites (tertiary alicyclic amines) is 1. The van der Waals surface area contributed by atoms with E-state index in [-0.39, 0.29) is 5.69 Å². The maximum Gasteiger partial charge on any atom is 0.326 e. The molecular formula is C21H31N3O2. The largest absolute Gasteiger partial charge is 0.381 e. The van der Waals surface area contributed by atoms with Crippen LogP contribution in [0.5, 0.6) is 0 Å². The molecule has 5 nitrogen and oxygen atoms in total. The number of nitrogens with zero attached hydrogens (tertiary/aromatic N) is 2. The lowest BCUT2D eigenvalue weighted by Crippen LogP contribution is -2.55. The molecule has 1 aromatic carbocycles. The third kappa shape index (κ3) is 3.12. The number of aromatic amines is 1. The molecule has 1 aromatic heterocycles. The average Bonchev–Trinajstić information content (AvgIpc) is 2.98. The molecule has 0 spiro atoms. The summed E-state index contributed by atoms with van der Waals surface area (Å²) in [6, 6.07) is 6.52. The predicted octanol–water partition coefficient (Wildman–Crippen LogP) is 3.62. The molecule has 4 rings (SSSR count). The summed E-state index contributed by atoms with van der Waals surface area (Å²) in [6.45, 7) is 8.31. The summed E-state index contributed by atoms with van der Waals surface area (Å²) in [5.41, 5.74) is 3.57. The van der Waals surface area contributed by atoms with Gasteiger partial charge in [0.2, 0.25) is 0 Å². The van der Waals surface area contributed by atoms with Gasteiger partial charge in [0.05, 0.1) is 11.0 Å². The van der Waals surface area contributed by atoms with E-state index in [1.807, 2.05) is 10.6 Å². The number of hydrogen-bond donors (Lipinski definition) is 1. The molecule has 2 aliphatic heterocycles. The second-order valence-corrected chi connectivity index (χ2v) is 8.13. The molecule has 2 aliphatic rings. The van der Waals surface area contributed by atoms with Crippen molar-refractivity contribution in [2.45, 2.75) is 64.0 Å². The van der Waals surface area contributed by atoms with Crippen LogP contribution in [0.1, 0.15) is 57.1 Å². The summed E-state index contributed by atoms with van der Waals surface area (Å²) < 4.78 is 7.65. The van der Waals surface area contributed by atoms with Crippen LogP contribution in [0.3, 0.4) is 0 Å². The van der Waals surface area contributed by atoms with Crippen LogP contribution in [-0.4, -0.2) is 46.3 Å². The Kier molecular flexibility index (Phi) is 4.93. The van der Waals surface area contributed by atoms with E-state index >= 15 is 0 Å². The molecule has 142 valence electrons. The number of piperidine rings is 1. The number of benzene rings is 1. The Bertz CT molecular complexity index is 803. The smallest absolute Gasteiger partial charge is 0.326 e. The first-order valence-electron chi connectivity index (χ1n) is 10.2. The molecule has 0 unspecified atom stereocenters. The van der Waals surface area contributed by atoms with Gasteiger partial charge in [-0.2, -0.15) is 0 Å². The summed E-state index contributed by atoms with van der Waals surface area (Å²) >= 11 is 0. The first kappa shape index (κ1) is 17.8.